The van der Waals surface area contributed by atoms with E-state index in [1.54, 1.807) is 4.57 Å². The van der Waals surface area contributed by atoms with E-state index in [0.717, 1.165) is 27.9 Å². The first kappa shape index (κ1) is 19.4. The number of hydrogen-bond acceptors (Lipinski definition) is 5. The first-order chi connectivity index (χ1) is 14.2. The van der Waals surface area contributed by atoms with Gasteiger partial charge in [0.2, 0.25) is 0 Å². The first-order valence-electron chi connectivity index (χ1n) is 9.35. The van der Waals surface area contributed by atoms with Gasteiger partial charge in [-0.3, -0.25) is 9.36 Å². The summed E-state index contributed by atoms with van der Waals surface area (Å²) in [7, 11) is 0. The summed E-state index contributed by atoms with van der Waals surface area (Å²) in [4.78, 5) is 19.0. The molecule has 0 spiro atoms. The third kappa shape index (κ3) is 4.12. The highest BCUT2D eigenvalue weighted by Crippen LogP contribution is 2.32. The summed E-state index contributed by atoms with van der Waals surface area (Å²) in [6, 6.07) is 22.2. The molecule has 0 saturated heterocycles. The van der Waals surface area contributed by atoms with E-state index in [9.17, 15) is 10.1 Å². The van der Waals surface area contributed by atoms with Crippen LogP contribution in [0.3, 0.4) is 0 Å². The highest BCUT2D eigenvalue weighted by molar-refractivity contribution is 8.00. The molecule has 0 aliphatic carbocycles. The van der Waals surface area contributed by atoms with Crippen LogP contribution in [0.15, 0.2) is 76.0 Å². The highest BCUT2D eigenvalue weighted by Gasteiger charge is 2.18. The van der Waals surface area contributed by atoms with E-state index in [-0.39, 0.29) is 10.8 Å². The Morgan fingerprint density at radius 3 is 2.52 bits per heavy atom. The summed E-state index contributed by atoms with van der Waals surface area (Å²) in [5, 5.41) is 12.2. The molecule has 144 valence electrons. The lowest BCUT2D eigenvalue weighted by molar-refractivity contribution is 0.596. The average Bonchev–Trinajstić information content (AvgIpc) is 3.19. The molecule has 6 heteroatoms. The van der Waals surface area contributed by atoms with Crippen molar-refractivity contribution in [3.8, 4) is 17.2 Å². The number of fused-ring (bicyclic) bond motifs is 1. The van der Waals surface area contributed by atoms with Crippen molar-refractivity contribution in [2.24, 2.45) is 0 Å². The molecule has 2 heterocycles. The molecule has 2 aromatic heterocycles. The summed E-state index contributed by atoms with van der Waals surface area (Å²) in [5.41, 5.74) is 3.05. The predicted molar refractivity (Wildman–Crippen MR) is 120 cm³/mol. The normalized spacial score (nSPS) is 12.0. The van der Waals surface area contributed by atoms with Gasteiger partial charge in [0, 0.05) is 17.5 Å². The Morgan fingerprint density at radius 1 is 1.14 bits per heavy atom. The maximum absolute atomic E-state index is 13.5. The van der Waals surface area contributed by atoms with Crippen molar-refractivity contribution in [3.63, 3.8) is 0 Å². The second kappa shape index (κ2) is 8.64. The van der Waals surface area contributed by atoms with Crippen LogP contribution in [0, 0.1) is 11.3 Å². The summed E-state index contributed by atoms with van der Waals surface area (Å²) < 4.78 is 1.73. The molecule has 0 fully saturated rings. The van der Waals surface area contributed by atoms with Crippen molar-refractivity contribution >= 4 is 33.3 Å². The highest BCUT2D eigenvalue weighted by atomic mass is 32.2. The SMILES string of the molecule is C[C@H](C#N)Sc1nc2scc(-c3ccccc3)c2c(=O)n1CCc1ccccc1. The number of thiophene rings is 1. The van der Waals surface area contributed by atoms with Gasteiger partial charge in [0.05, 0.1) is 16.7 Å². The lowest BCUT2D eigenvalue weighted by Gasteiger charge is -2.13. The van der Waals surface area contributed by atoms with Crippen molar-refractivity contribution in [3.05, 3.63) is 82.0 Å². The van der Waals surface area contributed by atoms with E-state index >= 15 is 0 Å². The molecule has 0 saturated carbocycles. The Kier molecular flexibility index (Phi) is 5.79. The van der Waals surface area contributed by atoms with Gasteiger partial charge in [0.1, 0.15) is 4.83 Å². The lowest BCUT2D eigenvalue weighted by Crippen LogP contribution is -2.24. The van der Waals surface area contributed by atoms with E-state index < -0.39 is 0 Å². The average molecular weight is 418 g/mol. The van der Waals surface area contributed by atoms with Gasteiger partial charge in [-0.25, -0.2) is 4.98 Å². The Morgan fingerprint density at radius 2 is 1.83 bits per heavy atom. The van der Waals surface area contributed by atoms with Gasteiger partial charge < -0.3 is 0 Å². The molecule has 29 heavy (non-hydrogen) atoms. The van der Waals surface area contributed by atoms with Crippen molar-refractivity contribution in [2.75, 3.05) is 0 Å². The van der Waals surface area contributed by atoms with Crippen LogP contribution in [0.5, 0.6) is 0 Å². The lowest BCUT2D eigenvalue weighted by atomic mass is 10.1. The molecular weight excluding hydrogens is 398 g/mol. The number of hydrogen-bond donors (Lipinski definition) is 0. The number of nitriles is 1. The van der Waals surface area contributed by atoms with E-state index in [1.165, 1.54) is 23.1 Å². The summed E-state index contributed by atoms with van der Waals surface area (Å²) in [5.74, 6) is 0. The topological polar surface area (TPSA) is 58.7 Å². The van der Waals surface area contributed by atoms with Crippen LogP contribution < -0.4 is 5.56 Å². The molecule has 0 radical (unpaired) electrons. The van der Waals surface area contributed by atoms with Gasteiger partial charge in [0.25, 0.3) is 5.56 Å². The van der Waals surface area contributed by atoms with Crippen LogP contribution in [0.2, 0.25) is 0 Å². The second-order valence-corrected chi connectivity index (χ2v) is 8.84. The molecular formula is C23H19N3OS2. The Balaban J connectivity index is 1.83. The van der Waals surface area contributed by atoms with Crippen molar-refractivity contribution in [1.82, 2.24) is 9.55 Å². The first-order valence-corrected chi connectivity index (χ1v) is 11.1. The van der Waals surface area contributed by atoms with Gasteiger partial charge in [0.15, 0.2) is 5.16 Å². The fourth-order valence-electron chi connectivity index (χ4n) is 3.19. The van der Waals surface area contributed by atoms with Crippen LogP contribution >= 0.6 is 23.1 Å². The smallest absolute Gasteiger partial charge is 0.263 e. The van der Waals surface area contributed by atoms with Crippen LogP contribution in [-0.2, 0) is 13.0 Å². The number of benzene rings is 2. The summed E-state index contributed by atoms with van der Waals surface area (Å²) in [6.07, 6.45) is 0.729. The molecule has 0 aliphatic heterocycles. The van der Waals surface area contributed by atoms with Gasteiger partial charge in [-0.2, -0.15) is 5.26 Å². The third-order valence-corrected chi connectivity index (χ3v) is 6.53. The van der Waals surface area contributed by atoms with E-state index in [0.29, 0.717) is 17.1 Å². The van der Waals surface area contributed by atoms with Crippen LogP contribution in [0.4, 0.5) is 0 Å². The van der Waals surface area contributed by atoms with Crippen molar-refractivity contribution in [2.45, 2.75) is 30.3 Å². The van der Waals surface area contributed by atoms with Gasteiger partial charge >= 0.3 is 0 Å². The third-order valence-electron chi connectivity index (χ3n) is 4.67. The number of rotatable bonds is 6. The Labute approximate surface area is 177 Å². The minimum atomic E-state index is -0.282. The van der Waals surface area contributed by atoms with Crippen molar-refractivity contribution < 1.29 is 0 Å². The van der Waals surface area contributed by atoms with Crippen LogP contribution in [-0.4, -0.2) is 14.8 Å². The standard InChI is InChI=1S/C23H19N3OS2/c1-16(14-24)29-23-25-21-20(19(15-28-21)18-10-6-3-7-11-18)22(27)26(23)13-12-17-8-4-2-5-9-17/h2-11,15-16H,12-13H2,1H3/t16-/m1/s1. The largest absolute Gasteiger partial charge is 0.287 e. The Bertz CT molecular complexity index is 1220. The molecule has 4 rings (SSSR count). The van der Waals surface area contributed by atoms with Crippen LogP contribution in [0.25, 0.3) is 21.3 Å². The fourth-order valence-corrected chi connectivity index (χ4v) is 5.00. The van der Waals surface area contributed by atoms with E-state index in [1.807, 2.05) is 60.8 Å². The molecule has 0 aliphatic rings. The molecule has 2 aromatic carbocycles. The summed E-state index contributed by atoms with van der Waals surface area (Å²) >= 11 is 2.81. The van der Waals surface area contributed by atoms with Crippen LogP contribution in [0.1, 0.15) is 12.5 Å². The minimum absolute atomic E-state index is 0.0429. The number of aryl methyl sites for hydroxylation is 1. The summed E-state index contributed by atoms with van der Waals surface area (Å²) in [6.45, 7) is 2.35. The molecule has 0 N–H and O–H groups in total. The van der Waals surface area contributed by atoms with E-state index in [2.05, 4.69) is 18.2 Å². The number of nitrogens with zero attached hydrogens (tertiary/aromatic N) is 3. The predicted octanol–water partition coefficient (Wildman–Crippen LogP) is 5.37. The molecule has 1 atom stereocenters. The zero-order valence-corrected chi connectivity index (χ0v) is 17.5. The zero-order valence-electron chi connectivity index (χ0n) is 15.9. The number of thioether (sulfide) groups is 1. The Hall–Kier alpha value is -2.88. The van der Waals surface area contributed by atoms with Crippen molar-refractivity contribution in [1.29, 1.82) is 5.26 Å². The zero-order chi connectivity index (χ0) is 20.2. The molecule has 4 nitrogen and oxygen atoms in total. The second-order valence-electron chi connectivity index (χ2n) is 6.67. The fraction of sp³-hybridized carbons (Fsp3) is 0.174. The maximum Gasteiger partial charge on any atom is 0.263 e. The van der Waals surface area contributed by atoms with Gasteiger partial charge in [-0.15, -0.1) is 11.3 Å². The number of aromatic nitrogens is 2. The van der Waals surface area contributed by atoms with Gasteiger partial charge in [-0.05, 0) is 24.5 Å². The molecule has 0 amide bonds. The molecule has 4 aromatic rings. The molecule has 0 bridgehead atoms. The molecule has 0 unspecified atom stereocenters. The van der Waals surface area contributed by atoms with Gasteiger partial charge in [-0.1, -0.05) is 72.4 Å². The maximum atomic E-state index is 13.5. The minimum Gasteiger partial charge on any atom is -0.287 e. The monoisotopic (exact) mass is 417 g/mol. The quantitative estimate of drug-likeness (QED) is 0.312. The van der Waals surface area contributed by atoms with E-state index in [4.69, 9.17) is 4.98 Å².